The van der Waals surface area contributed by atoms with Gasteiger partial charge in [0, 0.05) is 25.2 Å². The maximum Gasteiger partial charge on any atom is 0.251 e. The fraction of sp³-hybridized carbons (Fsp3) is 0.105. The summed E-state index contributed by atoms with van der Waals surface area (Å²) in [7, 11) is 3.30. The molecule has 5 heteroatoms. The van der Waals surface area contributed by atoms with E-state index in [1.165, 1.54) is 0 Å². The van der Waals surface area contributed by atoms with Crippen molar-refractivity contribution in [1.29, 1.82) is 0 Å². The van der Waals surface area contributed by atoms with Crippen LogP contribution in [0.2, 0.25) is 0 Å². The minimum Gasteiger partial charge on any atom is -0.504 e. The zero-order valence-corrected chi connectivity index (χ0v) is 13.5. The van der Waals surface area contributed by atoms with Crippen LogP contribution in [0.3, 0.4) is 0 Å². The van der Waals surface area contributed by atoms with Gasteiger partial charge in [0.25, 0.3) is 5.91 Å². The number of anilines is 1. The second-order valence-corrected chi connectivity index (χ2v) is 5.26. The topological polar surface area (TPSA) is 74.5 Å². The molecule has 0 aliphatic rings. The molecule has 0 aliphatic heterocycles. The first kappa shape index (κ1) is 15.7. The van der Waals surface area contributed by atoms with Crippen LogP contribution in [0.15, 0.2) is 59.0 Å². The number of furan rings is 1. The van der Waals surface area contributed by atoms with Crippen LogP contribution in [0.4, 0.5) is 5.88 Å². The average molecular weight is 322 g/mol. The summed E-state index contributed by atoms with van der Waals surface area (Å²) in [4.78, 5) is 11.9. The van der Waals surface area contributed by atoms with Gasteiger partial charge in [0.1, 0.15) is 0 Å². The van der Waals surface area contributed by atoms with Gasteiger partial charge in [-0.05, 0) is 17.7 Å². The van der Waals surface area contributed by atoms with Crippen LogP contribution >= 0.6 is 0 Å². The summed E-state index contributed by atoms with van der Waals surface area (Å²) in [6, 6.07) is 16.4. The van der Waals surface area contributed by atoms with Gasteiger partial charge in [-0.15, -0.1) is 0 Å². The van der Waals surface area contributed by atoms with Crippen molar-refractivity contribution in [2.45, 2.75) is 0 Å². The standard InChI is InChI=1S/C19H18N2O3/c1-20-18(23)14-10-6-9-13(11-14)15-16(22)17(24-19(15)21-2)12-7-4-3-5-8-12/h3-11,21-22H,1-2H3,(H,20,23). The van der Waals surface area contributed by atoms with Crippen LogP contribution in [-0.2, 0) is 0 Å². The third-order valence-electron chi connectivity index (χ3n) is 3.79. The lowest BCUT2D eigenvalue weighted by Crippen LogP contribution is -2.17. The summed E-state index contributed by atoms with van der Waals surface area (Å²) in [6.07, 6.45) is 0. The van der Waals surface area contributed by atoms with Crippen molar-refractivity contribution in [2.75, 3.05) is 19.4 Å². The Morgan fingerprint density at radius 2 is 1.71 bits per heavy atom. The summed E-state index contributed by atoms with van der Waals surface area (Å²) < 4.78 is 5.80. The molecule has 24 heavy (non-hydrogen) atoms. The van der Waals surface area contributed by atoms with Crippen molar-refractivity contribution in [3.63, 3.8) is 0 Å². The molecule has 122 valence electrons. The Kier molecular flexibility index (Phi) is 4.24. The molecular formula is C19H18N2O3. The zero-order valence-electron chi connectivity index (χ0n) is 13.5. The number of hydrogen-bond acceptors (Lipinski definition) is 4. The van der Waals surface area contributed by atoms with E-state index in [-0.39, 0.29) is 11.7 Å². The van der Waals surface area contributed by atoms with Crippen LogP contribution in [0.1, 0.15) is 10.4 Å². The zero-order chi connectivity index (χ0) is 17.1. The average Bonchev–Trinajstić information content (AvgIpc) is 2.98. The number of benzene rings is 2. The van der Waals surface area contributed by atoms with Crippen molar-refractivity contribution < 1.29 is 14.3 Å². The molecule has 0 saturated carbocycles. The minimum atomic E-state index is -0.186. The first-order valence-electron chi connectivity index (χ1n) is 7.57. The molecular weight excluding hydrogens is 304 g/mol. The molecule has 5 nitrogen and oxygen atoms in total. The molecule has 0 unspecified atom stereocenters. The molecule has 3 aromatic rings. The lowest BCUT2D eigenvalue weighted by atomic mass is 10.0. The van der Waals surface area contributed by atoms with Gasteiger partial charge in [0.05, 0.1) is 5.56 Å². The predicted molar refractivity (Wildman–Crippen MR) is 94.2 cm³/mol. The molecule has 3 rings (SSSR count). The fourth-order valence-corrected chi connectivity index (χ4v) is 2.61. The van der Waals surface area contributed by atoms with Gasteiger partial charge < -0.3 is 20.2 Å². The molecule has 0 atom stereocenters. The maximum atomic E-state index is 11.9. The smallest absolute Gasteiger partial charge is 0.251 e. The SMILES string of the molecule is CNC(=O)c1cccc(-c2c(NC)oc(-c3ccccc3)c2O)c1. The van der Waals surface area contributed by atoms with Crippen molar-refractivity contribution >= 4 is 11.8 Å². The first-order chi connectivity index (χ1) is 11.7. The third kappa shape index (κ3) is 2.72. The predicted octanol–water partition coefficient (Wildman–Crippen LogP) is 3.72. The van der Waals surface area contributed by atoms with E-state index >= 15 is 0 Å². The van der Waals surface area contributed by atoms with E-state index in [0.717, 1.165) is 5.56 Å². The third-order valence-corrected chi connectivity index (χ3v) is 3.79. The number of rotatable bonds is 4. The van der Waals surface area contributed by atoms with Gasteiger partial charge >= 0.3 is 0 Å². The maximum absolute atomic E-state index is 11.9. The van der Waals surface area contributed by atoms with E-state index in [9.17, 15) is 9.90 Å². The van der Waals surface area contributed by atoms with Crippen LogP contribution < -0.4 is 10.6 Å². The Morgan fingerprint density at radius 3 is 2.38 bits per heavy atom. The number of carbonyl (C=O) groups excluding carboxylic acids is 1. The highest BCUT2D eigenvalue weighted by Crippen LogP contribution is 2.46. The fourth-order valence-electron chi connectivity index (χ4n) is 2.61. The van der Waals surface area contributed by atoms with E-state index in [1.807, 2.05) is 36.4 Å². The first-order valence-corrected chi connectivity index (χ1v) is 7.57. The van der Waals surface area contributed by atoms with E-state index in [1.54, 1.807) is 32.3 Å². The van der Waals surface area contributed by atoms with E-state index in [4.69, 9.17) is 4.42 Å². The van der Waals surface area contributed by atoms with Gasteiger partial charge in [-0.2, -0.15) is 0 Å². The molecule has 1 amide bonds. The number of carbonyl (C=O) groups is 1. The van der Waals surface area contributed by atoms with Crippen molar-refractivity contribution in [1.82, 2.24) is 5.32 Å². The van der Waals surface area contributed by atoms with Crippen molar-refractivity contribution in [3.8, 4) is 28.2 Å². The highest BCUT2D eigenvalue weighted by molar-refractivity contribution is 5.96. The van der Waals surface area contributed by atoms with E-state index < -0.39 is 0 Å². The van der Waals surface area contributed by atoms with E-state index in [0.29, 0.717) is 28.3 Å². The van der Waals surface area contributed by atoms with Crippen LogP contribution in [-0.4, -0.2) is 25.1 Å². The molecule has 0 radical (unpaired) electrons. The van der Waals surface area contributed by atoms with Gasteiger partial charge in [-0.1, -0.05) is 42.5 Å². The molecule has 2 aromatic carbocycles. The second kappa shape index (κ2) is 6.50. The molecule has 1 heterocycles. The van der Waals surface area contributed by atoms with Gasteiger partial charge in [-0.3, -0.25) is 4.79 Å². The highest BCUT2D eigenvalue weighted by Gasteiger charge is 2.22. The number of hydrogen-bond donors (Lipinski definition) is 3. The second-order valence-electron chi connectivity index (χ2n) is 5.26. The molecule has 0 fully saturated rings. The lowest BCUT2D eigenvalue weighted by molar-refractivity contribution is 0.0963. The van der Waals surface area contributed by atoms with Gasteiger partial charge in [-0.25, -0.2) is 0 Å². The summed E-state index contributed by atoms with van der Waals surface area (Å²) >= 11 is 0. The van der Waals surface area contributed by atoms with Crippen molar-refractivity contribution in [3.05, 3.63) is 60.2 Å². The summed E-state index contributed by atoms with van der Waals surface area (Å²) in [6.45, 7) is 0. The van der Waals surface area contributed by atoms with Crippen LogP contribution in [0.5, 0.6) is 5.75 Å². The molecule has 0 spiro atoms. The Bertz CT molecular complexity index is 870. The summed E-state index contributed by atoms with van der Waals surface area (Å²) in [5.41, 5.74) is 2.52. The van der Waals surface area contributed by atoms with Crippen LogP contribution in [0.25, 0.3) is 22.5 Å². The van der Waals surface area contributed by atoms with Gasteiger partial charge in [0.15, 0.2) is 11.5 Å². The Labute approximate surface area is 139 Å². The quantitative estimate of drug-likeness (QED) is 0.684. The molecule has 0 bridgehead atoms. The van der Waals surface area contributed by atoms with Crippen molar-refractivity contribution in [2.24, 2.45) is 0 Å². The molecule has 0 saturated heterocycles. The Hall–Kier alpha value is -3.21. The molecule has 1 aromatic heterocycles. The van der Waals surface area contributed by atoms with Gasteiger partial charge in [0.2, 0.25) is 5.88 Å². The van der Waals surface area contributed by atoms with Crippen LogP contribution in [0, 0.1) is 0 Å². The highest BCUT2D eigenvalue weighted by atomic mass is 16.4. The largest absolute Gasteiger partial charge is 0.504 e. The Balaban J connectivity index is 2.15. The molecule has 0 aliphatic carbocycles. The Morgan fingerprint density at radius 1 is 1.00 bits per heavy atom. The lowest BCUT2D eigenvalue weighted by Gasteiger charge is -2.05. The summed E-state index contributed by atoms with van der Waals surface area (Å²) in [5, 5.41) is 16.3. The molecule has 3 N–H and O–H groups in total. The minimum absolute atomic E-state index is 0.0413. The monoisotopic (exact) mass is 322 g/mol. The van der Waals surface area contributed by atoms with E-state index in [2.05, 4.69) is 10.6 Å². The number of amides is 1. The number of aromatic hydroxyl groups is 1. The normalized spacial score (nSPS) is 10.4. The number of nitrogens with one attached hydrogen (secondary N) is 2. The summed E-state index contributed by atoms with van der Waals surface area (Å²) in [5.74, 6) is 0.689.